The Morgan fingerprint density at radius 2 is 2.22 bits per heavy atom. The van der Waals surface area contributed by atoms with Gasteiger partial charge in [0.15, 0.2) is 0 Å². The third kappa shape index (κ3) is 1.37. The summed E-state index contributed by atoms with van der Waals surface area (Å²) in [5.41, 5.74) is 0. The number of halogens is 1. The van der Waals surface area contributed by atoms with Gasteiger partial charge in [0.25, 0.3) is 0 Å². The molecule has 1 aliphatic carbocycles. The van der Waals surface area contributed by atoms with Crippen LogP contribution in [0.1, 0.15) is 19.3 Å². The van der Waals surface area contributed by atoms with Gasteiger partial charge < -0.3 is 0 Å². The van der Waals surface area contributed by atoms with Crippen LogP contribution < -0.4 is 0 Å². The van der Waals surface area contributed by atoms with E-state index in [4.69, 9.17) is 0 Å². The molecule has 1 nitrogen and oxygen atoms in total. The lowest BCUT2D eigenvalue weighted by atomic mass is 9.84. The average molecular weight is 128 g/mol. The summed E-state index contributed by atoms with van der Waals surface area (Å²) in [7, 11) is 0. The van der Waals surface area contributed by atoms with Crippen LogP contribution in [-0.2, 0) is 4.79 Å². The van der Waals surface area contributed by atoms with Gasteiger partial charge in [-0.2, -0.15) is 0 Å². The predicted octanol–water partition coefficient (Wildman–Crippen LogP) is 1.84. The van der Waals surface area contributed by atoms with Crippen LogP contribution in [-0.4, -0.2) is 6.29 Å². The maximum Gasteiger partial charge on any atom is 0.145 e. The van der Waals surface area contributed by atoms with Gasteiger partial charge in [0.2, 0.25) is 0 Å². The molecule has 2 heteroatoms. The van der Waals surface area contributed by atoms with E-state index in [-0.39, 0.29) is 11.7 Å². The second-order valence-corrected chi connectivity index (χ2v) is 2.32. The largest absolute Gasteiger partial charge is 0.298 e. The van der Waals surface area contributed by atoms with Crippen molar-refractivity contribution in [3.63, 3.8) is 0 Å². The van der Waals surface area contributed by atoms with E-state index in [1.807, 2.05) is 0 Å². The highest BCUT2D eigenvalue weighted by atomic mass is 19.1. The Labute approximate surface area is 53.6 Å². The molecule has 0 atom stereocenters. The van der Waals surface area contributed by atoms with Gasteiger partial charge in [-0.1, -0.05) is 6.42 Å². The highest BCUT2D eigenvalue weighted by Gasteiger charge is 2.21. The molecule has 9 heavy (non-hydrogen) atoms. The minimum absolute atomic E-state index is 0.0650. The summed E-state index contributed by atoms with van der Waals surface area (Å²) < 4.78 is 12.5. The van der Waals surface area contributed by atoms with E-state index in [1.54, 1.807) is 0 Å². The van der Waals surface area contributed by atoms with Crippen molar-refractivity contribution in [2.75, 3.05) is 0 Å². The van der Waals surface area contributed by atoms with Crippen molar-refractivity contribution in [2.24, 2.45) is 5.92 Å². The maximum atomic E-state index is 12.5. The maximum absolute atomic E-state index is 12.5. The molecule has 1 fully saturated rings. The van der Waals surface area contributed by atoms with Gasteiger partial charge in [-0.25, -0.2) is 4.39 Å². The summed E-state index contributed by atoms with van der Waals surface area (Å²) in [5, 5.41) is 0. The average Bonchev–Trinajstić information content (AvgIpc) is 1.60. The lowest BCUT2D eigenvalue weighted by molar-refractivity contribution is -0.104. The van der Waals surface area contributed by atoms with Crippen molar-refractivity contribution in [2.45, 2.75) is 19.3 Å². The minimum Gasteiger partial charge on any atom is -0.298 e. The molecule has 0 heterocycles. The third-order valence-electron chi connectivity index (χ3n) is 1.72. The Hall–Kier alpha value is -0.660. The topological polar surface area (TPSA) is 17.1 Å². The van der Waals surface area contributed by atoms with Crippen molar-refractivity contribution in [1.29, 1.82) is 0 Å². The molecule has 1 saturated carbocycles. The van der Waals surface area contributed by atoms with Crippen LogP contribution >= 0.6 is 0 Å². The van der Waals surface area contributed by atoms with Crippen LogP contribution in [0.3, 0.4) is 0 Å². The monoisotopic (exact) mass is 128 g/mol. The summed E-state index contributed by atoms with van der Waals surface area (Å²) in [6.45, 7) is 0. The standard InChI is InChI=1S/C7H9FO/c8-7(4-5-9)6-2-1-3-6/h4-6H,1-3H2. The van der Waals surface area contributed by atoms with E-state index in [0.717, 1.165) is 25.3 Å². The normalized spacial score (nSPS) is 21.2. The van der Waals surface area contributed by atoms with Crippen molar-refractivity contribution < 1.29 is 9.18 Å². The summed E-state index contributed by atoms with van der Waals surface area (Å²) >= 11 is 0. The first-order chi connectivity index (χ1) is 4.34. The Morgan fingerprint density at radius 1 is 1.56 bits per heavy atom. The van der Waals surface area contributed by atoms with Gasteiger partial charge >= 0.3 is 0 Å². The van der Waals surface area contributed by atoms with Crippen LogP contribution in [0.4, 0.5) is 4.39 Å². The van der Waals surface area contributed by atoms with Gasteiger partial charge in [-0.3, -0.25) is 4.79 Å². The molecule has 0 bridgehead atoms. The van der Waals surface area contributed by atoms with Crippen molar-refractivity contribution in [1.82, 2.24) is 0 Å². The van der Waals surface area contributed by atoms with Crippen LogP contribution in [0.5, 0.6) is 0 Å². The number of aldehydes is 1. The third-order valence-corrected chi connectivity index (χ3v) is 1.72. The van der Waals surface area contributed by atoms with E-state index < -0.39 is 0 Å². The van der Waals surface area contributed by atoms with Gasteiger partial charge in [0.05, 0.1) is 0 Å². The molecule has 50 valence electrons. The first-order valence-corrected chi connectivity index (χ1v) is 3.15. The number of hydrogen-bond acceptors (Lipinski definition) is 1. The number of rotatable bonds is 2. The fourth-order valence-corrected chi connectivity index (χ4v) is 0.885. The van der Waals surface area contributed by atoms with Crippen LogP contribution in [0.2, 0.25) is 0 Å². The zero-order valence-electron chi connectivity index (χ0n) is 5.14. The fraction of sp³-hybridized carbons (Fsp3) is 0.571. The smallest absolute Gasteiger partial charge is 0.145 e. The van der Waals surface area contributed by atoms with E-state index in [0.29, 0.717) is 6.29 Å². The zero-order chi connectivity index (χ0) is 6.69. The van der Waals surface area contributed by atoms with Crippen LogP contribution in [0.25, 0.3) is 0 Å². The summed E-state index contributed by atoms with van der Waals surface area (Å²) in [4.78, 5) is 9.74. The lowest BCUT2D eigenvalue weighted by Gasteiger charge is -2.22. The van der Waals surface area contributed by atoms with Gasteiger partial charge in [0.1, 0.15) is 12.1 Å². The summed E-state index contributed by atoms with van der Waals surface area (Å²) in [5.74, 6) is -0.175. The molecule has 0 radical (unpaired) electrons. The number of carbonyl (C=O) groups is 1. The minimum atomic E-state index is -0.240. The first kappa shape index (κ1) is 6.46. The lowest BCUT2D eigenvalue weighted by Crippen LogP contribution is -2.11. The molecular weight excluding hydrogens is 119 g/mol. The fourth-order valence-electron chi connectivity index (χ4n) is 0.885. The Bertz CT molecular complexity index is 136. The second kappa shape index (κ2) is 2.76. The molecule has 1 aliphatic rings. The molecule has 0 aromatic carbocycles. The SMILES string of the molecule is O=CC=C(F)C1CCC1. The predicted molar refractivity (Wildman–Crippen MR) is 32.6 cm³/mol. The molecular formula is C7H9FO. The Morgan fingerprint density at radius 3 is 2.56 bits per heavy atom. The van der Waals surface area contributed by atoms with Gasteiger partial charge in [-0.15, -0.1) is 0 Å². The molecule has 0 saturated heterocycles. The molecule has 1 rings (SSSR count). The molecule has 0 spiro atoms. The quantitative estimate of drug-likeness (QED) is 0.409. The number of allylic oxidation sites excluding steroid dienone is 2. The van der Waals surface area contributed by atoms with E-state index in [2.05, 4.69) is 0 Å². The van der Waals surface area contributed by atoms with E-state index in [9.17, 15) is 9.18 Å². The van der Waals surface area contributed by atoms with Crippen molar-refractivity contribution in [3.8, 4) is 0 Å². The van der Waals surface area contributed by atoms with Crippen LogP contribution in [0.15, 0.2) is 11.9 Å². The molecule has 0 amide bonds. The molecule has 0 N–H and O–H groups in total. The van der Waals surface area contributed by atoms with Gasteiger partial charge in [0, 0.05) is 12.0 Å². The highest BCUT2D eigenvalue weighted by molar-refractivity contribution is 5.65. The summed E-state index contributed by atoms with van der Waals surface area (Å²) in [6, 6.07) is 0. The second-order valence-electron chi connectivity index (χ2n) is 2.32. The van der Waals surface area contributed by atoms with Crippen molar-refractivity contribution in [3.05, 3.63) is 11.9 Å². The van der Waals surface area contributed by atoms with E-state index >= 15 is 0 Å². The molecule has 0 aromatic rings. The molecule has 0 unspecified atom stereocenters. The van der Waals surface area contributed by atoms with Crippen LogP contribution in [0, 0.1) is 5.92 Å². The highest BCUT2D eigenvalue weighted by Crippen LogP contribution is 2.33. The molecule has 0 aliphatic heterocycles. The number of hydrogen-bond donors (Lipinski definition) is 0. The zero-order valence-corrected chi connectivity index (χ0v) is 5.14. The van der Waals surface area contributed by atoms with Gasteiger partial charge in [-0.05, 0) is 12.8 Å². The Kier molecular flexibility index (Phi) is 1.98. The van der Waals surface area contributed by atoms with Crippen molar-refractivity contribution >= 4 is 6.29 Å². The Balaban J connectivity index is 2.39. The molecule has 0 aromatic heterocycles. The first-order valence-electron chi connectivity index (χ1n) is 3.15. The summed E-state index contributed by atoms with van der Waals surface area (Å²) in [6.07, 6.45) is 4.45. The van der Waals surface area contributed by atoms with E-state index in [1.165, 1.54) is 0 Å². The number of carbonyl (C=O) groups excluding carboxylic acids is 1.